The van der Waals surface area contributed by atoms with Gasteiger partial charge in [-0.25, -0.2) is 0 Å². The molecular weight excluding hydrogens is 286 g/mol. The van der Waals surface area contributed by atoms with E-state index in [0.29, 0.717) is 18.4 Å². The first-order valence-electron chi connectivity index (χ1n) is 8.66. The van der Waals surface area contributed by atoms with Gasteiger partial charge in [-0.3, -0.25) is 4.90 Å². The molecule has 1 aromatic rings. The summed E-state index contributed by atoms with van der Waals surface area (Å²) >= 11 is 0. The van der Waals surface area contributed by atoms with Crippen molar-refractivity contribution in [3.63, 3.8) is 0 Å². The summed E-state index contributed by atoms with van der Waals surface area (Å²) < 4.78 is 5.60. The van der Waals surface area contributed by atoms with Crippen LogP contribution in [0, 0.1) is 5.41 Å². The molecule has 0 saturated carbocycles. The van der Waals surface area contributed by atoms with Crippen molar-refractivity contribution in [3.8, 4) is 5.75 Å². The van der Waals surface area contributed by atoms with Crippen LogP contribution in [0.3, 0.4) is 0 Å². The highest BCUT2D eigenvalue weighted by Crippen LogP contribution is 2.56. The molecule has 1 saturated heterocycles. The Hall–Kier alpha value is -1.32. The maximum atomic E-state index is 10.4. The van der Waals surface area contributed by atoms with Gasteiger partial charge in [-0.05, 0) is 42.0 Å². The summed E-state index contributed by atoms with van der Waals surface area (Å²) in [5.41, 5.74) is 2.78. The molecule has 2 bridgehead atoms. The van der Waals surface area contributed by atoms with Gasteiger partial charge in [-0.1, -0.05) is 39.0 Å². The van der Waals surface area contributed by atoms with Crippen LogP contribution >= 0.6 is 0 Å². The lowest BCUT2D eigenvalue weighted by atomic mass is 9.51. The monoisotopic (exact) mass is 315 g/mol. The minimum Gasteiger partial charge on any atom is -0.508 e. The van der Waals surface area contributed by atoms with Gasteiger partial charge in [0.25, 0.3) is 0 Å². The van der Waals surface area contributed by atoms with E-state index in [0.717, 1.165) is 38.1 Å². The highest BCUT2D eigenvalue weighted by Gasteiger charge is 2.56. The van der Waals surface area contributed by atoms with Gasteiger partial charge in [0.1, 0.15) is 5.75 Å². The number of hydrogen-bond donors (Lipinski definition) is 1. The summed E-state index contributed by atoms with van der Waals surface area (Å²) in [5.74, 6) is 0.457. The fraction of sp³-hybridized carbons (Fsp3) is 0.600. The molecule has 2 atom stereocenters. The molecule has 0 amide bonds. The quantitative estimate of drug-likeness (QED) is 0.667. The minimum absolute atomic E-state index is 0.114. The zero-order chi connectivity index (χ0) is 16.7. The Kier molecular flexibility index (Phi) is 4.28. The largest absolute Gasteiger partial charge is 0.508 e. The molecule has 1 aliphatic heterocycles. The number of piperidine rings is 1. The molecule has 1 fully saturated rings. The van der Waals surface area contributed by atoms with Crippen molar-refractivity contribution in [2.24, 2.45) is 5.41 Å². The van der Waals surface area contributed by atoms with Crippen molar-refractivity contribution in [1.29, 1.82) is 0 Å². The van der Waals surface area contributed by atoms with Gasteiger partial charge in [0.05, 0.1) is 13.2 Å². The van der Waals surface area contributed by atoms with E-state index in [1.54, 1.807) is 6.08 Å². The van der Waals surface area contributed by atoms with Gasteiger partial charge in [-0.2, -0.15) is 0 Å². The minimum atomic E-state index is 0.114. The van der Waals surface area contributed by atoms with Gasteiger partial charge in [0, 0.05) is 18.0 Å². The predicted molar refractivity (Wildman–Crippen MR) is 93.9 cm³/mol. The van der Waals surface area contributed by atoms with Crippen molar-refractivity contribution in [3.05, 3.63) is 42.0 Å². The molecule has 126 valence electrons. The third-order valence-corrected chi connectivity index (χ3v) is 6.50. The average Bonchev–Trinajstić information content (AvgIpc) is 2.50. The molecule has 1 N–H and O–H groups in total. The Morgan fingerprint density at radius 3 is 2.91 bits per heavy atom. The summed E-state index contributed by atoms with van der Waals surface area (Å²) in [4.78, 5) is 2.56. The number of benzene rings is 1. The van der Waals surface area contributed by atoms with Crippen molar-refractivity contribution in [2.75, 3.05) is 26.3 Å². The van der Waals surface area contributed by atoms with Crippen LogP contribution in [-0.4, -0.2) is 42.4 Å². The fourth-order valence-corrected chi connectivity index (χ4v) is 4.65. The third kappa shape index (κ3) is 2.50. The molecule has 1 heterocycles. The zero-order valence-corrected chi connectivity index (χ0v) is 14.6. The first-order valence-corrected chi connectivity index (χ1v) is 8.66. The molecule has 3 rings (SSSR count). The zero-order valence-electron chi connectivity index (χ0n) is 14.6. The molecule has 0 spiro atoms. The summed E-state index contributed by atoms with van der Waals surface area (Å²) in [6.07, 6.45) is 3.84. The van der Waals surface area contributed by atoms with Crippen LogP contribution in [0.15, 0.2) is 30.9 Å². The smallest absolute Gasteiger partial charge is 0.119 e. The third-order valence-electron chi connectivity index (χ3n) is 6.50. The molecule has 3 heteroatoms. The molecule has 2 unspecified atom stereocenters. The van der Waals surface area contributed by atoms with E-state index in [4.69, 9.17) is 4.74 Å². The number of aromatic hydroxyl groups is 1. The summed E-state index contributed by atoms with van der Waals surface area (Å²) in [5, 5.41) is 10.4. The second-order valence-corrected chi connectivity index (χ2v) is 7.73. The lowest BCUT2D eigenvalue weighted by molar-refractivity contribution is -0.0473. The maximum absolute atomic E-state index is 10.4. The van der Waals surface area contributed by atoms with Gasteiger partial charge in [0.15, 0.2) is 0 Å². The maximum Gasteiger partial charge on any atom is 0.119 e. The van der Waals surface area contributed by atoms with Crippen LogP contribution in [0.2, 0.25) is 0 Å². The predicted octanol–water partition coefficient (Wildman–Crippen LogP) is 3.51. The van der Waals surface area contributed by atoms with Crippen LogP contribution in [0.4, 0.5) is 0 Å². The topological polar surface area (TPSA) is 32.7 Å². The lowest BCUT2D eigenvalue weighted by Crippen LogP contribution is -2.64. The number of phenolic OH excluding ortho intramolecular Hbond substituents is 1. The second kappa shape index (κ2) is 5.95. The number of fused-ring (bicyclic) bond motifs is 4. The van der Waals surface area contributed by atoms with Crippen LogP contribution in [0.25, 0.3) is 0 Å². The summed E-state index contributed by atoms with van der Waals surface area (Å²) in [7, 11) is 0. The van der Waals surface area contributed by atoms with E-state index in [1.165, 1.54) is 5.56 Å². The van der Waals surface area contributed by atoms with Crippen LogP contribution in [-0.2, 0) is 16.6 Å². The van der Waals surface area contributed by atoms with Crippen LogP contribution in [0.5, 0.6) is 5.75 Å². The van der Waals surface area contributed by atoms with Gasteiger partial charge < -0.3 is 9.84 Å². The van der Waals surface area contributed by atoms with E-state index in [-0.39, 0.29) is 10.8 Å². The Bertz CT molecular complexity index is 595. The molecule has 3 nitrogen and oxygen atoms in total. The molecule has 1 aromatic carbocycles. The van der Waals surface area contributed by atoms with E-state index in [1.807, 2.05) is 12.1 Å². The highest BCUT2D eigenvalue weighted by atomic mass is 16.5. The number of rotatable bonds is 5. The Morgan fingerprint density at radius 1 is 1.39 bits per heavy atom. The number of ether oxygens (including phenoxy) is 1. The number of likely N-dealkylation sites (tertiary alicyclic amines) is 1. The highest BCUT2D eigenvalue weighted by molar-refractivity contribution is 5.48. The lowest BCUT2D eigenvalue weighted by Gasteiger charge is -2.61. The molecule has 23 heavy (non-hydrogen) atoms. The number of phenols is 1. The fourth-order valence-electron chi connectivity index (χ4n) is 4.65. The first-order chi connectivity index (χ1) is 10.9. The van der Waals surface area contributed by atoms with E-state index < -0.39 is 0 Å². The van der Waals surface area contributed by atoms with Crippen molar-refractivity contribution < 1.29 is 9.84 Å². The van der Waals surface area contributed by atoms with Crippen molar-refractivity contribution in [2.45, 2.75) is 45.1 Å². The summed E-state index contributed by atoms with van der Waals surface area (Å²) in [6.45, 7) is 14.2. The van der Waals surface area contributed by atoms with Crippen LogP contribution < -0.4 is 0 Å². The Labute approximate surface area is 140 Å². The second-order valence-electron chi connectivity index (χ2n) is 7.73. The standard InChI is InChI=1S/C20H29NO2/c1-5-12-23-13-11-21-10-9-20(4)16-7-6-8-17(22)15(16)14-18(21)19(20,2)3/h5-8,18,22H,1,9-14H2,2-4H3. The van der Waals surface area contributed by atoms with Gasteiger partial charge >= 0.3 is 0 Å². The number of nitrogens with zero attached hydrogens (tertiary/aromatic N) is 1. The molecule has 0 radical (unpaired) electrons. The normalized spacial score (nSPS) is 29.1. The van der Waals surface area contributed by atoms with Crippen LogP contribution in [0.1, 0.15) is 38.3 Å². The van der Waals surface area contributed by atoms with E-state index >= 15 is 0 Å². The molecule has 0 aromatic heterocycles. The Morgan fingerprint density at radius 2 is 2.17 bits per heavy atom. The van der Waals surface area contributed by atoms with Crippen molar-refractivity contribution >= 4 is 0 Å². The van der Waals surface area contributed by atoms with Gasteiger partial charge in [0.2, 0.25) is 0 Å². The number of hydrogen-bond acceptors (Lipinski definition) is 3. The van der Waals surface area contributed by atoms with Gasteiger partial charge in [-0.15, -0.1) is 6.58 Å². The Balaban J connectivity index is 1.90. The summed E-state index contributed by atoms with van der Waals surface area (Å²) in [6, 6.07) is 6.48. The first kappa shape index (κ1) is 16.5. The molecule has 1 aliphatic carbocycles. The molecule has 2 aliphatic rings. The van der Waals surface area contributed by atoms with E-state index in [2.05, 4.69) is 38.3 Å². The average molecular weight is 315 g/mol. The van der Waals surface area contributed by atoms with Crippen molar-refractivity contribution in [1.82, 2.24) is 4.90 Å². The molecular formula is C20H29NO2. The van der Waals surface area contributed by atoms with E-state index in [9.17, 15) is 5.11 Å². The SMILES string of the molecule is C=CCOCCN1CCC2(C)c3cccc(O)c3CC1C2(C)C.